The van der Waals surface area contributed by atoms with Crippen molar-refractivity contribution in [3.8, 4) is 5.75 Å². The van der Waals surface area contributed by atoms with Crippen LogP contribution in [0.1, 0.15) is 48.5 Å². The van der Waals surface area contributed by atoms with E-state index in [-0.39, 0.29) is 24.8 Å². The molecule has 22 heavy (non-hydrogen) atoms. The molecule has 0 fully saturated rings. The monoisotopic (exact) mass is 308 g/mol. The van der Waals surface area contributed by atoms with Crippen molar-refractivity contribution in [2.45, 2.75) is 39.0 Å². The molecule has 0 aliphatic carbocycles. The van der Waals surface area contributed by atoms with Crippen LogP contribution < -0.4 is 4.74 Å². The minimum atomic E-state index is -0.290. The van der Waals surface area contributed by atoms with Crippen molar-refractivity contribution in [2.75, 3.05) is 20.3 Å². The Hall–Kier alpha value is -1.88. The standard InChI is InChI=1S/C17H24O5/c1-13(19)14-6-8-16(22-11-5-3-4-10-18)15(12-14)7-9-17(20)21-2/h6,8,12,18H,3-5,7,9-11H2,1-2H3. The highest BCUT2D eigenvalue weighted by Crippen LogP contribution is 2.23. The summed E-state index contributed by atoms with van der Waals surface area (Å²) in [5.41, 5.74) is 1.44. The molecule has 0 saturated heterocycles. The minimum absolute atomic E-state index is 0.0196. The summed E-state index contributed by atoms with van der Waals surface area (Å²) >= 11 is 0. The number of benzene rings is 1. The zero-order chi connectivity index (χ0) is 16.4. The van der Waals surface area contributed by atoms with E-state index in [1.54, 1.807) is 18.2 Å². The summed E-state index contributed by atoms with van der Waals surface area (Å²) in [5, 5.41) is 8.74. The largest absolute Gasteiger partial charge is 0.493 e. The SMILES string of the molecule is COC(=O)CCc1cc(C(C)=O)ccc1OCCCCCO. The molecule has 0 aliphatic rings. The number of aryl methyl sites for hydroxylation is 1. The Labute approximate surface area is 131 Å². The number of ketones is 1. The van der Waals surface area contributed by atoms with Gasteiger partial charge in [-0.05, 0) is 56.4 Å². The van der Waals surface area contributed by atoms with E-state index < -0.39 is 0 Å². The van der Waals surface area contributed by atoms with Gasteiger partial charge < -0.3 is 14.6 Å². The van der Waals surface area contributed by atoms with Gasteiger partial charge >= 0.3 is 5.97 Å². The molecule has 0 bridgehead atoms. The van der Waals surface area contributed by atoms with Gasteiger partial charge in [0.05, 0.1) is 13.7 Å². The predicted octanol–water partition coefficient (Wildman–Crippen LogP) is 2.54. The normalized spacial score (nSPS) is 10.3. The molecule has 0 atom stereocenters. The summed E-state index contributed by atoms with van der Waals surface area (Å²) < 4.78 is 10.4. The number of aliphatic hydroxyl groups excluding tert-OH is 1. The number of carbonyl (C=O) groups is 2. The first kappa shape index (κ1) is 18.2. The highest BCUT2D eigenvalue weighted by atomic mass is 16.5. The Bertz CT molecular complexity index is 496. The fourth-order valence-corrected chi connectivity index (χ4v) is 2.05. The molecule has 0 radical (unpaired) electrons. The van der Waals surface area contributed by atoms with Gasteiger partial charge in [-0.15, -0.1) is 0 Å². The quantitative estimate of drug-likeness (QED) is 0.408. The second-order valence-electron chi connectivity index (χ2n) is 5.09. The van der Waals surface area contributed by atoms with Crippen LogP contribution in [0.15, 0.2) is 18.2 Å². The van der Waals surface area contributed by atoms with Gasteiger partial charge in [0, 0.05) is 18.6 Å². The molecule has 122 valence electrons. The molecule has 0 heterocycles. The lowest BCUT2D eigenvalue weighted by Gasteiger charge is -2.12. The Balaban J connectivity index is 2.71. The van der Waals surface area contributed by atoms with Crippen molar-refractivity contribution in [3.63, 3.8) is 0 Å². The van der Waals surface area contributed by atoms with Crippen LogP contribution in [-0.4, -0.2) is 37.2 Å². The molecule has 0 aliphatic heterocycles. The van der Waals surface area contributed by atoms with E-state index in [2.05, 4.69) is 4.74 Å². The lowest BCUT2D eigenvalue weighted by molar-refractivity contribution is -0.140. The van der Waals surface area contributed by atoms with Gasteiger partial charge in [0.15, 0.2) is 5.78 Å². The number of hydrogen-bond acceptors (Lipinski definition) is 5. The molecular formula is C17H24O5. The number of methoxy groups -OCH3 is 1. The molecule has 1 aromatic rings. The molecule has 1 rings (SSSR count). The van der Waals surface area contributed by atoms with E-state index in [0.29, 0.717) is 24.3 Å². The highest BCUT2D eigenvalue weighted by Gasteiger charge is 2.10. The van der Waals surface area contributed by atoms with Crippen molar-refractivity contribution in [2.24, 2.45) is 0 Å². The van der Waals surface area contributed by atoms with E-state index in [1.165, 1.54) is 14.0 Å². The van der Waals surface area contributed by atoms with Crippen LogP contribution in [0, 0.1) is 0 Å². The van der Waals surface area contributed by atoms with Gasteiger partial charge in [0.1, 0.15) is 5.75 Å². The van der Waals surface area contributed by atoms with Gasteiger partial charge in [0.25, 0.3) is 0 Å². The van der Waals surface area contributed by atoms with Gasteiger partial charge in [-0.1, -0.05) is 0 Å². The summed E-state index contributed by atoms with van der Waals surface area (Å²) in [6.07, 6.45) is 3.24. The number of hydrogen-bond donors (Lipinski definition) is 1. The fourth-order valence-electron chi connectivity index (χ4n) is 2.05. The topological polar surface area (TPSA) is 72.8 Å². The zero-order valence-electron chi connectivity index (χ0n) is 13.3. The van der Waals surface area contributed by atoms with E-state index in [9.17, 15) is 9.59 Å². The lowest BCUT2D eigenvalue weighted by Crippen LogP contribution is -2.06. The van der Waals surface area contributed by atoms with Crippen molar-refractivity contribution in [3.05, 3.63) is 29.3 Å². The molecule has 0 amide bonds. The lowest BCUT2D eigenvalue weighted by atomic mass is 10.0. The first-order valence-corrected chi connectivity index (χ1v) is 7.52. The number of carbonyl (C=O) groups excluding carboxylic acids is 2. The molecule has 5 heteroatoms. The predicted molar refractivity (Wildman–Crippen MR) is 83.2 cm³/mol. The third-order valence-electron chi connectivity index (χ3n) is 3.35. The maximum absolute atomic E-state index is 11.5. The molecule has 1 aromatic carbocycles. The van der Waals surface area contributed by atoms with Crippen molar-refractivity contribution >= 4 is 11.8 Å². The number of ether oxygens (including phenoxy) is 2. The first-order valence-electron chi connectivity index (χ1n) is 7.52. The van der Waals surface area contributed by atoms with Crippen molar-refractivity contribution in [1.29, 1.82) is 0 Å². The van der Waals surface area contributed by atoms with Crippen LogP contribution >= 0.6 is 0 Å². The Kier molecular flexibility index (Phi) is 8.22. The molecule has 0 unspecified atom stereocenters. The smallest absolute Gasteiger partial charge is 0.305 e. The van der Waals surface area contributed by atoms with Crippen LogP contribution in [0.2, 0.25) is 0 Å². The first-order chi connectivity index (χ1) is 10.6. The summed E-state index contributed by atoms with van der Waals surface area (Å²) in [7, 11) is 1.35. The number of esters is 1. The van der Waals surface area contributed by atoms with E-state index >= 15 is 0 Å². The Morgan fingerprint density at radius 1 is 1.18 bits per heavy atom. The average molecular weight is 308 g/mol. The second-order valence-corrected chi connectivity index (χ2v) is 5.09. The van der Waals surface area contributed by atoms with E-state index in [0.717, 1.165) is 24.8 Å². The fraction of sp³-hybridized carbons (Fsp3) is 0.529. The van der Waals surface area contributed by atoms with Gasteiger partial charge in [-0.3, -0.25) is 9.59 Å². The minimum Gasteiger partial charge on any atom is -0.493 e. The average Bonchev–Trinajstić information content (AvgIpc) is 2.52. The highest BCUT2D eigenvalue weighted by molar-refractivity contribution is 5.94. The van der Waals surface area contributed by atoms with Crippen LogP contribution in [-0.2, 0) is 16.0 Å². The van der Waals surface area contributed by atoms with E-state index in [1.807, 2.05) is 0 Å². The third kappa shape index (κ3) is 6.26. The maximum Gasteiger partial charge on any atom is 0.305 e. The van der Waals surface area contributed by atoms with Crippen LogP contribution in [0.25, 0.3) is 0 Å². The molecule has 0 saturated carbocycles. The summed E-state index contributed by atoms with van der Waals surface area (Å²) in [6, 6.07) is 5.27. The number of unbranched alkanes of at least 4 members (excludes halogenated alkanes) is 2. The third-order valence-corrected chi connectivity index (χ3v) is 3.35. The Morgan fingerprint density at radius 2 is 1.95 bits per heavy atom. The van der Waals surface area contributed by atoms with Crippen LogP contribution in [0.3, 0.4) is 0 Å². The molecule has 1 N–H and O–H groups in total. The van der Waals surface area contributed by atoms with Gasteiger partial charge in [0.2, 0.25) is 0 Å². The van der Waals surface area contributed by atoms with Crippen molar-refractivity contribution in [1.82, 2.24) is 0 Å². The van der Waals surface area contributed by atoms with Crippen LogP contribution in [0.4, 0.5) is 0 Å². The number of rotatable bonds is 10. The van der Waals surface area contributed by atoms with Gasteiger partial charge in [-0.2, -0.15) is 0 Å². The summed E-state index contributed by atoms with van der Waals surface area (Å²) in [4.78, 5) is 22.8. The van der Waals surface area contributed by atoms with Crippen molar-refractivity contribution < 1.29 is 24.2 Å². The molecule has 0 spiro atoms. The molecule has 5 nitrogen and oxygen atoms in total. The number of Topliss-reactive ketones (excluding diaryl/α,β-unsaturated/α-hetero) is 1. The zero-order valence-corrected chi connectivity index (χ0v) is 13.3. The van der Waals surface area contributed by atoms with Crippen LogP contribution in [0.5, 0.6) is 5.75 Å². The summed E-state index contributed by atoms with van der Waals surface area (Å²) in [6.45, 7) is 2.25. The molecule has 0 aromatic heterocycles. The second kappa shape index (κ2) is 9.95. The summed E-state index contributed by atoms with van der Waals surface area (Å²) in [5.74, 6) is 0.383. The molecular weight excluding hydrogens is 284 g/mol. The number of aliphatic hydroxyl groups is 1. The Morgan fingerprint density at radius 3 is 2.59 bits per heavy atom. The maximum atomic E-state index is 11.5. The van der Waals surface area contributed by atoms with Gasteiger partial charge in [-0.25, -0.2) is 0 Å². The van der Waals surface area contributed by atoms with E-state index in [4.69, 9.17) is 9.84 Å².